The van der Waals surface area contributed by atoms with Crippen molar-refractivity contribution in [3.8, 4) is 0 Å². The van der Waals surface area contributed by atoms with Gasteiger partial charge in [-0.25, -0.2) is 4.98 Å². The molecule has 1 amide bonds. The highest BCUT2D eigenvalue weighted by Gasteiger charge is 2.21. The highest BCUT2D eigenvalue weighted by atomic mass is 16.3. The van der Waals surface area contributed by atoms with E-state index in [4.69, 9.17) is 5.11 Å². The van der Waals surface area contributed by atoms with Crippen LogP contribution in [-0.2, 0) is 11.4 Å². The number of carbonyl (C=O) groups is 1. The predicted octanol–water partition coefficient (Wildman–Crippen LogP) is -0.148. The summed E-state index contributed by atoms with van der Waals surface area (Å²) in [6.07, 6.45) is 1.64. The molecular weight excluding hydrogens is 206 g/mol. The van der Waals surface area contributed by atoms with E-state index in [2.05, 4.69) is 4.98 Å². The standard InChI is InChI=1S/C11H15N3O2/c1-13-4-5-14(7-11(13)16)10-3-2-9(8-15)6-12-10/h2-3,6,15H,4-5,7-8H2,1H3. The van der Waals surface area contributed by atoms with E-state index < -0.39 is 0 Å². The summed E-state index contributed by atoms with van der Waals surface area (Å²) < 4.78 is 0. The van der Waals surface area contributed by atoms with E-state index in [-0.39, 0.29) is 12.5 Å². The molecule has 86 valence electrons. The number of likely N-dealkylation sites (N-methyl/N-ethyl adjacent to an activating group) is 1. The number of nitrogens with zero attached hydrogens (tertiary/aromatic N) is 3. The quantitative estimate of drug-likeness (QED) is 0.754. The minimum atomic E-state index is -0.00501. The zero-order chi connectivity index (χ0) is 11.5. The third-order valence-electron chi connectivity index (χ3n) is 2.77. The maximum absolute atomic E-state index is 11.5. The van der Waals surface area contributed by atoms with E-state index in [0.29, 0.717) is 6.54 Å². The molecule has 2 rings (SSSR count). The van der Waals surface area contributed by atoms with Crippen molar-refractivity contribution < 1.29 is 9.90 Å². The fourth-order valence-corrected chi connectivity index (χ4v) is 1.65. The Hall–Kier alpha value is -1.62. The lowest BCUT2D eigenvalue weighted by Gasteiger charge is -2.32. The first kappa shape index (κ1) is 10.9. The van der Waals surface area contributed by atoms with E-state index >= 15 is 0 Å². The van der Waals surface area contributed by atoms with Crippen LogP contribution >= 0.6 is 0 Å². The Kier molecular flexibility index (Phi) is 3.05. The number of hydrogen-bond donors (Lipinski definition) is 1. The van der Waals surface area contributed by atoms with Gasteiger partial charge in [0, 0.05) is 26.3 Å². The van der Waals surface area contributed by atoms with Crippen molar-refractivity contribution in [2.45, 2.75) is 6.61 Å². The van der Waals surface area contributed by atoms with Crippen LogP contribution in [0.1, 0.15) is 5.56 Å². The van der Waals surface area contributed by atoms with Crippen LogP contribution in [0.5, 0.6) is 0 Å². The number of aliphatic hydroxyl groups excluding tert-OH is 1. The molecule has 2 heterocycles. The van der Waals surface area contributed by atoms with Crippen molar-refractivity contribution in [3.05, 3.63) is 23.9 Å². The summed E-state index contributed by atoms with van der Waals surface area (Å²) in [7, 11) is 1.81. The van der Waals surface area contributed by atoms with Crippen molar-refractivity contribution in [2.75, 3.05) is 31.6 Å². The first-order valence-electron chi connectivity index (χ1n) is 5.25. The minimum Gasteiger partial charge on any atom is -0.392 e. The second-order valence-electron chi connectivity index (χ2n) is 3.92. The van der Waals surface area contributed by atoms with Gasteiger partial charge in [-0.2, -0.15) is 0 Å². The number of aliphatic hydroxyl groups is 1. The van der Waals surface area contributed by atoms with Crippen LogP contribution in [-0.4, -0.2) is 47.6 Å². The van der Waals surface area contributed by atoms with Gasteiger partial charge in [0.1, 0.15) is 5.82 Å². The molecule has 5 nitrogen and oxygen atoms in total. The van der Waals surface area contributed by atoms with Crippen LogP contribution < -0.4 is 4.90 Å². The number of aromatic nitrogens is 1. The van der Waals surface area contributed by atoms with Crippen LogP contribution in [0.2, 0.25) is 0 Å². The number of amides is 1. The molecule has 1 aliphatic rings. The van der Waals surface area contributed by atoms with Crippen LogP contribution in [0.3, 0.4) is 0 Å². The molecular formula is C11H15N3O2. The van der Waals surface area contributed by atoms with Crippen LogP contribution in [0.25, 0.3) is 0 Å². The fourth-order valence-electron chi connectivity index (χ4n) is 1.65. The molecule has 0 bridgehead atoms. The van der Waals surface area contributed by atoms with E-state index in [0.717, 1.165) is 24.5 Å². The minimum absolute atomic E-state index is 0.00501. The molecule has 1 N–H and O–H groups in total. The van der Waals surface area contributed by atoms with Gasteiger partial charge in [-0.1, -0.05) is 6.07 Å². The maximum Gasteiger partial charge on any atom is 0.241 e. The van der Waals surface area contributed by atoms with E-state index in [1.54, 1.807) is 11.1 Å². The van der Waals surface area contributed by atoms with E-state index in [9.17, 15) is 4.79 Å². The number of carbonyl (C=O) groups excluding carboxylic acids is 1. The average Bonchev–Trinajstić information content (AvgIpc) is 2.33. The first-order chi connectivity index (χ1) is 7.70. The summed E-state index contributed by atoms with van der Waals surface area (Å²) in [5, 5.41) is 8.90. The van der Waals surface area contributed by atoms with Crippen molar-refractivity contribution in [1.82, 2.24) is 9.88 Å². The molecule has 0 radical (unpaired) electrons. The summed E-state index contributed by atoms with van der Waals surface area (Å²) in [4.78, 5) is 19.4. The Balaban J connectivity index is 2.09. The van der Waals surface area contributed by atoms with Gasteiger partial charge in [-0.05, 0) is 11.6 Å². The smallest absolute Gasteiger partial charge is 0.241 e. The second kappa shape index (κ2) is 4.49. The summed E-state index contributed by atoms with van der Waals surface area (Å²) >= 11 is 0. The van der Waals surface area contributed by atoms with Gasteiger partial charge in [-0.3, -0.25) is 4.79 Å². The molecule has 1 aromatic rings. The molecule has 1 fully saturated rings. The monoisotopic (exact) mass is 221 g/mol. The molecule has 1 aromatic heterocycles. The lowest BCUT2D eigenvalue weighted by atomic mass is 10.2. The highest BCUT2D eigenvalue weighted by Crippen LogP contribution is 2.13. The lowest BCUT2D eigenvalue weighted by molar-refractivity contribution is -0.129. The highest BCUT2D eigenvalue weighted by molar-refractivity contribution is 5.82. The number of hydrogen-bond acceptors (Lipinski definition) is 4. The van der Waals surface area contributed by atoms with Gasteiger partial charge < -0.3 is 14.9 Å². The van der Waals surface area contributed by atoms with Gasteiger partial charge >= 0.3 is 0 Å². The molecule has 16 heavy (non-hydrogen) atoms. The zero-order valence-electron chi connectivity index (χ0n) is 9.26. The Labute approximate surface area is 94.3 Å². The Morgan fingerprint density at radius 3 is 2.81 bits per heavy atom. The second-order valence-corrected chi connectivity index (χ2v) is 3.92. The molecule has 5 heteroatoms. The summed E-state index contributed by atoms with van der Waals surface area (Å²) in [5.74, 6) is 0.901. The molecule has 0 atom stereocenters. The van der Waals surface area contributed by atoms with Crippen LogP contribution in [0, 0.1) is 0 Å². The Bertz CT molecular complexity index is 377. The van der Waals surface area contributed by atoms with Gasteiger partial charge in [0.2, 0.25) is 5.91 Å². The molecule has 0 aromatic carbocycles. The number of rotatable bonds is 2. The summed E-state index contributed by atoms with van der Waals surface area (Å²) in [6, 6.07) is 3.66. The molecule has 0 unspecified atom stereocenters. The van der Waals surface area contributed by atoms with Gasteiger partial charge in [-0.15, -0.1) is 0 Å². The summed E-state index contributed by atoms with van der Waals surface area (Å²) in [6.45, 7) is 1.90. The van der Waals surface area contributed by atoms with Crippen LogP contribution in [0.15, 0.2) is 18.3 Å². The van der Waals surface area contributed by atoms with Gasteiger partial charge in [0.25, 0.3) is 0 Å². The normalized spacial score (nSPS) is 16.8. The largest absolute Gasteiger partial charge is 0.392 e. The fraction of sp³-hybridized carbons (Fsp3) is 0.455. The number of piperazine rings is 1. The first-order valence-corrected chi connectivity index (χ1v) is 5.25. The number of anilines is 1. The Morgan fingerprint density at radius 2 is 2.25 bits per heavy atom. The van der Waals surface area contributed by atoms with Gasteiger partial charge in [0.05, 0.1) is 13.2 Å². The zero-order valence-corrected chi connectivity index (χ0v) is 9.26. The molecule has 1 saturated heterocycles. The summed E-state index contributed by atoms with van der Waals surface area (Å²) in [5.41, 5.74) is 0.782. The molecule has 1 aliphatic heterocycles. The average molecular weight is 221 g/mol. The topological polar surface area (TPSA) is 56.7 Å². The third-order valence-corrected chi connectivity index (χ3v) is 2.77. The SMILES string of the molecule is CN1CCN(c2ccc(CO)cn2)CC1=O. The number of pyridine rings is 1. The van der Waals surface area contributed by atoms with Crippen molar-refractivity contribution >= 4 is 11.7 Å². The molecule has 0 aliphatic carbocycles. The van der Waals surface area contributed by atoms with Crippen molar-refractivity contribution in [1.29, 1.82) is 0 Å². The molecule has 0 saturated carbocycles. The van der Waals surface area contributed by atoms with Gasteiger partial charge in [0.15, 0.2) is 0 Å². The van der Waals surface area contributed by atoms with Crippen LogP contribution in [0.4, 0.5) is 5.82 Å². The van der Waals surface area contributed by atoms with E-state index in [1.807, 2.05) is 24.1 Å². The Morgan fingerprint density at radius 1 is 1.44 bits per heavy atom. The third kappa shape index (κ3) is 2.14. The predicted molar refractivity (Wildman–Crippen MR) is 60.0 cm³/mol. The maximum atomic E-state index is 11.5. The van der Waals surface area contributed by atoms with Crippen molar-refractivity contribution in [2.24, 2.45) is 0 Å². The van der Waals surface area contributed by atoms with Crippen molar-refractivity contribution in [3.63, 3.8) is 0 Å². The van der Waals surface area contributed by atoms with E-state index in [1.165, 1.54) is 0 Å². The molecule has 0 spiro atoms. The lowest BCUT2D eigenvalue weighted by Crippen LogP contribution is -2.48.